The van der Waals surface area contributed by atoms with Crippen LogP contribution in [0.5, 0.6) is 5.75 Å². The molecule has 2 atom stereocenters. The Hall–Kier alpha value is -1.20. The van der Waals surface area contributed by atoms with Gasteiger partial charge in [-0.2, -0.15) is 0 Å². The van der Waals surface area contributed by atoms with Gasteiger partial charge in [-0.15, -0.1) is 11.8 Å². The zero-order valence-electron chi connectivity index (χ0n) is 11.7. The van der Waals surface area contributed by atoms with E-state index in [4.69, 9.17) is 22.2 Å². The molecule has 0 bridgehead atoms. The van der Waals surface area contributed by atoms with Gasteiger partial charge in [-0.3, -0.25) is 11.3 Å². The van der Waals surface area contributed by atoms with E-state index in [1.165, 1.54) is 10.5 Å². The Morgan fingerprint density at radius 3 is 2.90 bits per heavy atom. The number of hydrazine groups is 1. The van der Waals surface area contributed by atoms with Crippen LogP contribution in [0.3, 0.4) is 0 Å². The number of rotatable bonds is 4. The van der Waals surface area contributed by atoms with Crippen molar-refractivity contribution >= 4 is 23.4 Å². The van der Waals surface area contributed by atoms with Crippen molar-refractivity contribution in [2.24, 2.45) is 5.84 Å². The van der Waals surface area contributed by atoms with Crippen molar-refractivity contribution in [2.75, 3.05) is 12.9 Å². The summed E-state index contributed by atoms with van der Waals surface area (Å²) >= 11 is 7.98. The molecule has 0 aromatic heterocycles. The van der Waals surface area contributed by atoms with E-state index in [1.807, 2.05) is 30.0 Å². The lowest BCUT2D eigenvalue weighted by molar-refractivity contribution is 0.411. The minimum atomic E-state index is 0.0346. The molecule has 0 saturated heterocycles. The minimum Gasteiger partial charge on any atom is -0.495 e. The van der Waals surface area contributed by atoms with E-state index < -0.39 is 0 Å². The second kappa shape index (κ2) is 6.28. The molecule has 2 unspecified atom stereocenters. The van der Waals surface area contributed by atoms with Gasteiger partial charge in [0.2, 0.25) is 0 Å². The number of benzene rings is 2. The van der Waals surface area contributed by atoms with E-state index >= 15 is 0 Å². The van der Waals surface area contributed by atoms with E-state index in [0.29, 0.717) is 16.7 Å². The normalized spacial score (nSPS) is 18.3. The molecule has 21 heavy (non-hydrogen) atoms. The molecule has 3 nitrogen and oxygen atoms in total. The number of nitrogens with two attached hydrogens (primary N) is 1. The average molecular weight is 321 g/mol. The van der Waals surface area contributed by atoms with Crippen molar-refractivity contribution in [1.82, 2.24) is 5.43 Å². The molecule has 5 heteroatoms. The van der Waals surface area contributed by atoms with Gasteiger partial charge >= 0.3 is 0 Å². The van der Waals surface area contributed by atoms with Gasteiger partial charge in [-0.25, -0.2) is 0 Å². The fourth-order valence-corrected chi connectivity index (χ4v) is 4.26. The highest BCUT2D eigenvalue weighted by Crippen LogP contribution is 2.45. The standard InChI is InChI=1S/C16H17ClN2OS/c1-20-14-8-10(6-7-13(14)17)16(19-18)12-9-21-15-5-3-2-4-11(12)15/h2-8,12,16,19H,9,18H2,1H3. The quantitative estimate of drug-likeness (QED) is 0.665. The molecule has 0 saturated carbocycles. The van der Waals surface area contributed by atoms with Crippen LogP contribution < -0.4 is 16.0 Å². The summed E-state index contributed by atoms with van der Waals surface area (Å²) in [5, 5.41) is 0.609. The molecule has 0 aliphatic carbocycles. The van der Waals surface area contributed by atoms with Crippen molar-refractivity contribution in [3.8, 4) is 5.75 Å². The van der Waals surface area contributed by atoms with E-state index in [0.717, 1.165) is 11.3 Å². The van der Waals surface area contributed by atoms with E-state index in [2.05, 4.69) is 29.7 Å². The van der Waals surface area contributed by atoms with Gasteiger partial charge in [0, 0.05) is 16.6 Å². The molecule has 1 heterocycles. The van der Waals surface area contributed by atoms with Crippen LogP contribution in [0.4, 0.5) is 0 Å². The fourth-order valence-electron chi connectivity index (χ4n) is 2.78. The summed E-state index contributed by atoms with van der Waals surface area (Å²) in [5.41, 5.74) is 5.39. The van der Waals surface area contributed by atoms with Gasteiger partial charge in [0.1, 0.15) is 5.75 Å². The molecule has 2 aromatic carbocycles. The zero-order chi connectivity index (χ0) is 14.8. The molecule has 3 rings (SSSR count). The number of hydrogen-bond acceptors (Lipinski definition) is 4. The van der Waals surface area contributed by atoms with Crippen molar-refractivity contribution in [3.63, 3.8) is 0 Å². The second-order valence-corrected chi connectivity index (χ2v) is 6.46. The fraction of sp³-hybridized carbons (Fsp3) is 0.250. The predicted octanol–water partition coefficient (Wildman–Crippen LogP) is 3.74. The first-order chi connectivity index (χ1) is 10.2. The molecule has 0 amide bonds. The van der Waals surface area contributed by atoms with Crippen molar-refractivity contribution in [1.29, 1.82) is 0 Å². The summed E-state index contributed by atoms with van der Waals surface area (Å²) in [6.07, 6.45) is 0. The lowest BCUT2D eigenvalue weighted by Gasteiger charge is -2.24. The third-order valence-corrected chi connectivity index (χ3v) is 5.37. The summed E-state index contributed by atoms with van der Waals surface area (Å²) < 4.78 is 5.31. The third kappa shape index (κ3) is 2.77. The number of methoxy groups -OCH3 is 1. The number of halogens is 1. The number of fused-ring (bicyclic) bond motifs is 1. The molecular weight excluding hydrogens is 304 g/mol. The zero-order valence-corrected chi connectivity index (χ0v) is 13.2. The van der Waals surface area contributed by atoms with Crippen molar-refractivity contribution < 1.29 is 4.74 Å². The number of ether oxygens (including phenoxy) is 1. The third-order valence-electron chi connectivity index (χ3n) is 3.85. The number of hydrogen-bond donors (Lipinski definition) is 2. The van der Waals surface area contributed by atoms with Crippen LogP contribution in [0.15, 0.2) is 47.4 Å². The molecule has 1 aliphatic heterocycles. The maximum absolute atomic E-state index is 6.10. The highest BCUT2D eigenvalue weighted by molar-refractivity contribution is 7.99. The Bertz CT molecular complexity index is 650. The molecule has 0 spiro atoms. The van der Waals surface area contributed by atoms with E-state index in [9.17, 15) is 0 Å². The summed E-state index contributed by atoms with van der Waals surface area (Å²) in [5.74, 6) is 7.86. The lowest BCUT2D eigenvalue weighted by atomic mass is 9.89. The molecule has 3 N–H and O–H groups in total. The summed E-state index contributed by atoms with van der Waals surface area (Å²) in [7, 11) is 1.62. The van der Waals surface area contributed by atoms with E-state index in [-0.39, 0.29) is 6.04 Å². The van der Waals surface area contributed by atoms with Gasteiger partial charge in [0.15, 0.2) is 0 Å². The number of thioether (sulfide) groups is 1. The Kier molecular flexibility index (Phi) is 4.40. The lowest BCUT2D eigenvalue weighted by Crippen LogP contribution is -2.32. The first-order valence-corrected chi connectivity index (χ1v) is 8.12. The Balaban J connectivity index is 1.96. The predicted molar refractivity (Wildman–Crippen MR) is 88.0 cm³/mol. The Morgan fingerprint density at radius 1 is 1.33 bits per heavy atom. The largest absolute Gasteiger partial charge is 0.495 e. The van der Waals surface area contributed by atoms with E-state index in [1.54, 1.807) is 7.11 Å². The maximum atomic E-state index is 6.10. The average Bonchev–Trinajstić information content (AvgIpc) is 2.94. The van der Waals surface area contributed by atoms with Crippen LogP contribution in [0, 0.1) is 0 Å². The minimum absolute atomic E-state index is 0.0346. The summed E-state index contributed by atoms with van der Waals surface area (Å²) in [6.45, 7) is 0. The highest BCUT2D eigenvalue weighted by atomic mass is 35.5. The first kappa shape index (κ1) is 14.7. The summed E-state index contributed by atoms with van der Waals surface area (Å²) in [6, 6.07) is 14.3. The molecule has 110 valence electrons. The van der Waals surface area contributed by atoms with Gasteiger partial charge in [-0.05, 0) is 29.3 Å². The van der Waals surface area contributed by atoms with Gasteiger partial charge < -0.3 is 4.74 Å². The van der Waals surface area contributed by atoms with Crippen LogP contribution in [-0.2, 0) is 0 Å². The number of nitrogens with one attached hydrogen (secondary N) is 1. The van der Waals surface area contributed by atoms with Crippen LogP contribution >= 0.6 is 23.4 Å². The summed E-state index contributed by atoms with van der Waals surface area (Å²) in [4.78, 5) is 1.34. The Morgan fingerprint density at radius 2 is 2.14 bits per heavy atom. The molecule has 1 aliphatic rings. The van der Waals surface area contributed by atoms with Crippen LogP contribution in [0.2, 0.25) is 5.02 Å². The van der Waals surface area contributed by atoms with Crippen LogP contribution in [0.1, 0.15) is 23.1 Å². The van der Waals surface area contributed by atoms with Crippen molar-refractivity contribution in [3.05, 3.63) is 58.6 Å². The van der Waals surface area contributed by atoms with Gasteiger partial charge in [0.05, 0.1) is 18.2 Å². The maximum Gasteiger partial charge on any atom is 0.137 e. The van der Waals surface area contributed by atoms with Gasteiger partial charge in [-0.1, -0.05) is 35.9 Å². The van der Waals surface area contributed by atoms with Gasteiger partial charge in [0.25, 0.3) is 0 Å². The molecule has 2 aromatic rings. The second-order valence-electron chi connectivity index (χ2n) is 4.99. The smallest absolute Gasteiger partial charge is 0.137 e. The SMILES string of the molecule is COc1cc(C(NN)C2CSc3ccccc32)ccc1Cl. The first-order valence-electron chi connectivity index (χ1n) is 6.76. The monoisotopic (exact) mass is 320 g/mol. The van der Waals surface area contributed by atoms with Crippen LogP contribution in [0.25, 0.3) is 0 Å². The van der Waals surface area contributed by atoms with Crippen molar-refractivity contribution in [2.45, 2.75) is 16.9 Å². The topological polar surface area (TPSA) is 47.3 Å². The molecular formula is C16H17ClN2OS. The highest BCUT2D eigenvalue weighted by Gasteiger charge is 2.31. The van der Waals surface area contributed by atoms with Crippen LogP contribution in [-0.4, -0.2) is 12.9 Å². The molecule has 0 radical (unpaired) electrons. The Labute approximate surface area is 133 Å². The molecule has 0 fully saturated rings.